The van der Waals surface area contributed by atoms with Gasteiger partial charge in [-0.25, -0.2) is 9.97 Å². The number of β-amino-alcohol motifs (C(OH)–C–C–N with tert-alkyl or cyclic N) is 1. The molecule has 2 fully saturated rings. The lowest BCUT2D eigenvalue weighted by Crippen LogP contribution is -2.55. The SMILES string of the molecule is O[C@H]1CN(c2cc(NC3COC3)ncn2)CCC1N1CCc2ccccc2C1. The summed E-state index contributed by atoms with van der Waals surface area (Å²) in [6.07, 6.45) is 3.21. The second-order valence-corrected chi connectivity index (χ2v) is 8.00. The molecule has 28 heavy (non-hydrogen) atoms. The highest BCUT2D eigenvalue weighted by atomic mass is 16.5. The summed E-state index contributed by atoms with van der Waals surface area (Å²) in [5, 5.41) is 14.3. The first-order valence-electron chi connectivity index (χ1n) is 10.2. The van der Waals surface area contributed by atoms with Gasteiger partial charge in [0.05, 0.1) is 25.4 Å². The Balaban J connectivity index is 1.23. The lowest BCUT2D eigenvalue weighted by atomic mass is 9.94. The van der Waals surface area contributed by atoms with Crippen LogP contribution in [0.25, 0.3) is 0 Å². The molecule has 3 aliphatic heterocycles. The summed E-state index contributed by atoms with van der Waals surface area (Å²) in [5.74, 6) is 1.70. The molecule has 7 nitrogen and oxygen atoms in total. The fourth-order valence-corrected chi connectivity index (χ4v) is 4.48. The number of aliphatic hydroxyl groups is 1. The molecule has 2 atom stereocenters. The van der Waals surface area contributed by atoms with Crippen LogP contribution in [-0.2, 0) is 17.7 Å². The molecule has 0 bridgehead atoms. The number of fused-ring (bicyclic) bond motifs is 1. The van der Waals surface area contributed by atoms with E-state index in [0.717, 1.165) is 57.3 Å². The van der Waals surface area contributed by atoms with Crippen molar-refractivity contribution in [2.24, 2.45) is 0 Å². The maximum absolute atomic E-state index is 10.9. The molecule has 1 unspecified atom stereocenters. The quantitative estimate of drug-likeness (QED) is 0.827. The fraction of sp³-hybridized carbons (Fsp3) is 0.524. The van der Waals surface area contributed by atoms with Crippen LogP contribution in [0.3, 0.4) is 0 Å². The van der Waals surface area contributed by atoms with Gasteiger partial charge >= 0.3 is 0 Å². The molecule has 0 amide bonds. The largest absolute Gasteiger partial charge is 0.390 e. The maximum atomic E-state index is 10.9. The van der Waals surface area contributed by atoms with E-state index in [2.05, 4.69) is 49.4 Å². The predicted molar refractivity (Wildman–Crippen MR) is 107 cm³/mol. The van der Waals surface area contributed by atoms with E-state index in [9.17, 15) is 5.11 Å². The van der Waals surface area contributed by atoms with Gasteiger partial charge in [-0.2, -0.15) is 0 Å². The first-order chi connectivity index (χ1) is 13.8. The second-order valence-electron chi connectivity index (χ2n) is 8.00. The minimum atomic E-state index is -0.384. The van der Waals surface area contributed by atoms with Crippen molar-refractivity contribution in [1.29, 1.82) is 0 Å². The van der Waals surface area contributed by atoms with Crippen molar-refractivity contribution in [3.05, 3.63) is 47.8 Å². The number of ether oxygens (including phenoxy) is 1. The van der Waals surface area contributed by atoms with E-state index >= 15 is 0 Å². The zero-order valence-corrected chi connectivity index (χ0v) is 16.0. The first kappa shape index (κ1) is 17.8. The Hall–Kier alpha value is -2.22. The normalized spacial score (nSPS) is 25.8. The van der Waals surface area contributed by atoms with Crippen molar-refractivity contribution in [3.8, 4) is 0 Å². The van der Waals surface area contributed by atoms with Crippen LogP contribution in [0, 0.1) is 0 Å². The molecule has 1 aromatic carbocycles. The highest BCUT2D eigenvalue weighted by Gasteiger charge is 2.34. The average molecular weight is 381 g/mol. The Morgan fingerprint density at radius 3 is 2.75 bits per heavy atom. The predicted octanol–water partition coefficient (Wildman–Crippen LogP) is 1.29. The van der Waals surface area contributed by atoms with Gasteiger partial charge in [0.15, 0.2) is 0 Å². The smallest absolute Gasteiger partial charge is 0.134 e. The molecule has 2 aromatic rings. The van der Waals surface area contributed by atoms with Crippen LogP contribution in [-0.4, -0.2) is 71.0 Å². The summed E-state index contributed by atoms with van der Waals surface area (Å²) in [6, 6.07) is 11.2. The number of nitrogens with zero attached hydrogens (tertiary/aromatic N) is 4. The molecule has 7 heteroatoms. The Morgan fingerprint density at radius 2 is 1.96 bits per heavy atom. The molecule has 2 N–H and O–H groups in total. The Kier molecular flexibility index (Phi) is 4.88. The number of hydrogen-bond acceptors (Lipinski definition) is 7. The molecule has 0 spiro atoms. The van der Waals surface area contributed by atoms with Gasteiger partial charge in [-0.3, -0.25) is 4.90 Å². The van der Waals surface area contributed by atoms with Gasteiger partial charge in [0.1, 0.15) is 18.0 Å². The van der Waals surface area contributed by atoms with Crippen molar-refractivity contribution in [2.45, 2.75) is 37.6 Å². The van der Waals surface area contributed by atoms with Crippen molar-refractivity contribution >= 4 is 11.6 Å². The van der Waals surface area contributed by atoms with Crippen LogP contribution in [0.1, 0.15) is 17.5 Å². The van der Waals surface area contributed by atoms with Crippen molar-refractivity contribution < 1.29 is 9.84 Å². The number of anilines is 2. The molecule has 0 radical (unpaired) electrons. The number of hydrogen-bond donors (Lipinski definition) is 2. The zero-order chi connectivity index (χ0) is 18.9. The molecule has 148 valence electrons. The third kappa shape index (κ3) is 3.57. The van der Waals surface area contributed by atoms with Gasteiger partial charge < -0.3 is 20.1 Å². The Labute approximate surface area is 165 Å². The highest BCUT2D eigenvalue weighted by molar-refractivity contribution is 5.49. The summed E-state index contributed by atoms with van der Waals surface area (Å²) in [6.45, 7) is 4.90. The van der Waals surface area contributed by atoms with E-state index in [4.69, 9.17) is 4.74 Å². The topological polar surface area (TPSA) is 73.8 Å². The van der Waals surface area contributed by atoms with Crippen LogP contribution >= 0.6 is 0 Å². The zero-order valence-electron chi connectivity index (χ0n) is 16.0. The Morgan fingerprint density at radius 1 is 1.11 bits per heavy atom. The number of aromatic nitrogens is 2. The Bertz CT molecular complexity index is 828. The summed E-state index contributed by atoms with van der Waals surface area (Å²) in [7, 11) is 0. The van der Waals surface area contributed by atoms with E-state index < -0.39 is 0 Å². The van der Waals surface area contributed by atoms with Gasteiger partial charge in [-0.15, -0.1) is 0 Å². The lowest BCUT2D eigenvalue weighted by Gasteiger charge is -2.43. The van der Waals surface area contributed by atoms with Crippen LogP contribution in [0.15, 0.2) is 36.7 Å². The summed E-state index contributed by atoms with van der Waals surface area (Å²) < 4.78 is 5.21. The van der Waals surface area contributed by atoms with Crippen LogP contribution < -0.4 is 10.2 Å². The van der Waals surface area contributed by atoms with Crippen LogP contribution in [0.2, 0.25) is 0 Å². The maximum Gasteiger partial charge on any atom is 0.134 e. The molecule has 2 saturated heterocycles. The standard InChI is InChI=1S/C21H27N5O2/c27-19-11-26(21-9-20(22-14-23-21)24-17-12-28-13-17)8-6-18(19)25-7-5-15-3-1-2-4-16(15)10-25/h1-4,9,14,17-19,27H,5-8,10-13H2,(H,22,23,24)/t18?,19-/m0/s1. The fourth-order valence-electron chi connectivity index (χ4n) is 4.48. The number of piperidine rings is 1. The summed E-state index contributed by atoms with van der Waals surface area (Å²) in [4.78, 5) is 13.4. The minimum absolute atomic E-state index is 0.205. The third-order valence-corrected chi connectivity index (χ3v) is 6.14. The van der Waals surface area contributed by atoms with E-state index in [0.29, 0.717) is 12.6 Å². The minimum Gasteiger partial charge on any atom is -0.390 e. The van der Waals surface area contributed by atoms with E-state index in [-0.39, 0.29) is 12.1 Å². The molecule has 3 aliphatic rings. The third-order valence-electron chi connectivity index (χ3n) is 6.14. The molecule has 0 aliphatic carbocycles. The number of aliphatic hydroxyl groups excluding tert-OH is 1. The van der Waals surface area contributed by atoms with Gasteiger partial charge in [0, 0.05) is 38.3 Å². The van der Waals surface area contributed by atoms with E-state index in [1.807, 2.05) is 6.07 Å². The molecular weight excluding hydrogens is 354 g/mol. The van der Waals surface area contributed by atoms with Crippen molar-refractivity contribution in [2.75, 3.05) is 43.1 Å². The van der Waals surface area contributed by atoms with Gasteiger partial charge in [0.25, 0.3) is 0 Å². The molecule has 0 saturated carbocycles. The lowest BCUT2D eigenvalue weighted by molar-refractivity contribution is 0.0209. The van der Waals surface area contributed by atoms with Gasteiger partial charge in [0.2, 0.25) is 0 Å². The second kappa shape index (κ2) is 7.66. The van der Waals surface area contributed by atoms with Gasteiger partial charge in [-0.05, 0) is 24.0 Å². The summed E-state index contributed by atoms with van der Waals surface area (Å²) >= 11 is 0. The van der Waals surface area contributed by atoms with Crippen molar-refractivity contribution in [3.63, 3.8) is 0 Å². The van der Waals surface area contributed by atoms with E-state index in [1.54, 1.807) is 6.33 Å². The number of nitrogens with one attached hydrogen (secondary N) is 1. The monoisotopic (exact) mass is 381 g/mol. The van der Waals surface area contributed by atoms with Gasteiger partial charge in [-0.1, -0.05) is 24.3 Å². The summed E-state index contributed by atoms with van der Waals surface area (Å²) in [5.41, 5.74) is 2.85. The number of benzene rings is 1. The van der Waals surface area contributed by atoms with Crippen LogP contribution in [0.4, 0.5) is 11.6 Å². The number of rotatable bonds is 4. The molecule has 1 aromatic heterocycles. The highest BCUT2D eigenvalue weighted by Crippen LogP contribution is 2.27. The first-order valence-corrected chi connectivity index (χ1v) is 10.2. The molecular formula is C21H27N5O2. The molecule has 4 heterocycles. The van der Waals surface area contributed by atoms with Crippen LogP contribution in [0.5, 0.6) is 0 Å². The van der Waals surface area contributed by atoms with Crippen molar-refractivity contribution in [1.82, 2.24) is 14.9 Å². The molecule has 5 rings (SSSR count). The van der Waals surface area contributed by atoms with E-state index in [1.165, 1.54) is 11.1 Å². The average Bonchev–Trinajstić information content (AvgIpc) is 2.70.